The van der Waals surface area contributed by atoms with Crippen molar-refractivity contribution in [1.29, 1.82) is 0 Å². The average Bonchev–Trinajstić information content (AvgIpc) is 2.89. The van der Waals surface area contributed by atoms with E-state index in [-0.39, 0.29) is 5.82 Å². The second kappa shape index (κ2) is 7.46. The number of hydrogen-bond acceptors (Lipinski definition) is 4. The van der Waals surface area contributed by atoms with Gasteiger partial charge in [0, 0.05) is 12.0 Å². The molecule has 0 radical (unpaired) electrons. The first-order chi connectivity index (χ1) is 14.0. The van der Waals surface area contributed by atoms with E-state index >= 15 is 0 Å². The molecule has 2 N–H and O–H groups in total. The zero-order valence-corrected chi connectivity index (χ0v) is 15.6. The Bertz CT molecular complexity index is 1100. The molecule has 4 rings (SSSR count). The summed E-state index contributed by atoms with van der Waals surface area (Å²) in [5.41, 5.74) is 2.26. The summed E-state index contributed by atoms with van der Waals surface area (Å²) in [5.74, 6) is -2.33. The van der Waals surface area contributed by atoms with Crippen LogP contribution in [0.2, 0.25) is 0 Å². The molecule has 3 aromatic rings. The number of methoxy groups -OCH3 is 1. The van der Waals surface area contributed by atoms with Gasteiger partial charge in [0.25, 0.3) is 0 Å². The van der Waals surface area contributed by atoms with Crippen LogP contribution < -0.4 is 14.8 Å². The number of anilines is 1. The van der Waals surface area contributed by atoms with Crippen LogP contribution in [0.15, 0.2) is 42.6 Å². The van der Waals surface area contributed by atoms with Gasteiger partial charge in [-0.3, -0.25) is 0 Å². The van der Waals surface area contributed by atoms with Crippen LogP contribution >= 0.6 is 0 Å². The number of carbonyl (C=O) groups is 1. The first-order valence-corrected chi connectivity index (χ1v) is 9.05. The predicted octanol–water partition coefficient (Wildman–Crippen LogP) is 3.30. The third kappa shape index (κ3) is 3.37. The van der Waals surface area contributed by atoms with E-state index < -0.39 is 23.1 Å². The number of ether oxygens (including phenoxy) is 1. The van der Waals surface area contributed by atoms with Gasteiger partial charge in [0.05, 0.1) is 7.11 Å². The minimum Gasteiger partial charge on any atom is -0.497 e. The van der Waals surface area contributed by atoms with Gasteiger partial charge in [0.1, 0.15) is 34.8 Å². The van der Waals surface area contributed by atoms with Crippen LogP contribution in [-0.4, -0.2) is 23.2 Å². The standard InChI is InChI=1S/C21H17F2N3O3/c1-29-13-8-9-14-12(10-13)4-2-7-17-20(14)24-11-18(26(17)28)25-21(27)19-15(22)5-3-6-16(19)23/h3,5-6,8-11,28H,2,4,7H2,1H3/p+1. The summed E-state index contributed by atoms with van der Waals surface area (Å²) in [6.45, 7) is 0. The van der Waals surface area contributed by atoms with Crippen LogP contribution in [0.1, 0.15) is 28.0 Å². The molecule has 0 atom stereocenters. The maximum absolute atomic E-state index is 13.9. The molecular weight excluding hydrogens is 380 g/mol. The molecule has 1 aliphatic carbocycles. The number of rotatable bonds is 3. The average molecular weight is 398 g/mol. The summed E-state index contributed by atoms with van der Waals surface area (Å²) < 4.78 is 33.8. The van der Waals surface area contributed by atoms with Crippen molar-refractivity contribution in [1.82, 2.24) is 4.98 Å². The van der Waals surface area contributed by atoms with Crippen LogP contribution in [0.3, 0.4) is 0 Å². The van der Waals surface area contributed by atoms with Gasteiger partial charge in [0.2, 0.25) is 0 Å². The van der Waals surface area contributed by atoms with Gasteiger partial charge >= 0.3 is 11.7 Å². The molecule has 0 spiro atoms. The highest BCUT2D eigenvalue weighted by Gasteiger charge is 2.28. The summed E-state index contributed by atoms with van der Waals surface area (Å²) in [5, 5.41) is 13.0. The number of nitrogens with one attached hydrogen (secondary N) is 1. The normalized spacial score (nSPS) is 12.5. The summed E-state index contributed by atoms with van der Waals surface area (Å²) >= 11 is 0. The van der Waals surface area contributed by atoms with Crippen molar-refractivity contribution < 1.29 is 28.2 Å². The molecule has 0 saturated carbocycles. The molecule has 1 heterocycles. The van der Waals surface area contributed by atoms with E-state index in [4.69, 9.17) is 4.74 Å². The number of aryl methyl sites for hydroxylation is 1. The molecule has 0 bridgehead atoms. The van der Waals surface area contributed by atoms with Gasteiger partial charge in [-0.2, -0.15) is 0 Å². The van der Waals surface area contributed by atoms with Crippen molar-refractivity contribution in [2.75, 3.05) is 12.4 Å². The van der Waals surface area contributed by atoms with Gasteiger partial charge in [0.15, 0.2) is 5.69 Å². The van der Waals surface area contributed by atoms with Gasteiger partial charge in [-0.1, -0.05) is 6.07 Å². The van der Waals surface area contributed by atoms with Gasteiger partial charge in [-0.25, -0.2) is 23.9 Å². The molecule has 1 aromatic heterocycles. The van der Waals surface area contributed by atoms with E-state index in [2.05, 4.69) is 10.3 Å². The molecule has 8 heteroatoms. The fraction of sp³-hybridized carbons (Fsp3) is 0.190. The Morgan fingerprint density at radius 1 is 1.21 bits per heavy atom. The molecule has 29 heavy (non-hydrogen) atoms. The number of nitrogens with zero attached hydrogens (tertiary/aromatic N) is 2. The number of halogens is 2. The van der Waals surface area contributed by atoms with Gasteiger partial charge in [-0.05, 0) is 53.5 Å². The quantitative estimate of drug-likeness (QED) is 0.524. The fourth-order valence-corrected chi connectivity index (χ4v) is 3.51. The van der Waals surface area contributed by atoms with Gasteiger partial charge in [-0.15, -0.1) is 0 Å². The Morgan fingerprint density at radius 2 is 1.97 bits per heavy atom. The maximum Gasteiger partial charge on any atom is 0.345 e. The Hall–Kier alpha value is -3.55. The zero-order valence-electron chi connectivity index (χ0n) is 15.6. The Labute approximate surface area is 165 Å². The smallest absolute Gasteiger partial charge is 0.345 e. The minimum absolute atomic E-state index is 0.0756. The van der Waals surface area contributed by atoms with E-state index in [0.717, 1.165) is 46.6 Å². The number of amides is 1. The SMILES string of the molecule is COc1ccc2c(c1)CCCc1c-2ncc(NC(=O)c2c(F)cccc2F)[n+]1O. The van der Waals surface area contributed by atoms with Crippen LogP contribution in [0.25, 0.3) is 11.3 Å². The van der Waals surface area contributed by atoms with Crippen molar-refractivity contribution in [3.63, 3.8) is 0 Å². The highest BCUT2D eigenvalue weighted by atomic mass is 19.1. The first-order valence-electron chi connectivity index (χ1n) is 9.05. The number of aromatic nitrogens is 2. The van der Waals surface area contributed by atoms with Crippen molar-refractivity contribution in [2.24, 2.45) is 0 Å². The largest absolute Gasteiger partial charge is 0.497 e. The second-order valence-electron chi connectivity index (χ2n) is 6.68. The zero-order chi connectivity index (χ0) is 20.5. The fourth-order valence-electron chi connectivity index (χ4n) is 3.51. The number of benzene rings is 2. The van der Waals surface area contributed by atoms with Crippen LogP contribution in [0.5, 0.6) is 5.75 Å². The van der Waals surface area contributed by atoms with E-state index in [1.54, 1.807) is 7.11 Å². The number of hydrogen-bond donors (Lipinski definition) is 2. The Morgan fingerprint density at radius 3 is 2.69 bits per heavy atom. The monoisotopic (exact) mass is 398 g/mol. The lowest BCUT2D eigenvalue weighted by molar-refractivity contribution is -0.898. The molecular formula is C21H18F2N3O3+. The first kappa shape index (κ1) is 18.8. The van der Waals surface area contributed by atoms with E-state index in [9.17, 15) is 18.8 Å². The Kier molecular flexibility index (Phi) is 4.84. The molecule has 0 unspecified atom stereocenters. The lowest BCUT2D eigenvalue weighted by Crippen LogP contribution is -2.41. The van der Waals surface area contributed by atoms with Crippen LogP contribution in [0, 0.1) is 11.6 Å². The van der Waals surface area contributed by atoms with Crippen molar-refractivity contribution >= 4 is 11.7 Å². The lowest BCUT2D eigenvalue weighted by atomic mass is 10.0. The molecule has 1 amide bonds. The number of carbonyl (C=O) groups excluding carboxylic acids is 1. The topological polar surface area (TPSA) is 75.3 Å². The summed E-state index contributed by atoms with van der Waals surface area (Å²) in [4.78, 5) is 16.8. The van der Waals surface area contributed by atoms with Crippen molar-refractivity contribution in [3.8, 4) is 17.0 Å². The summed E-state index contributed by atoms with van der Waals surface area (Å²) in [6, 6.07) is 8.78. The summed E-state index contributed by atoms with van der Waals surface area (Å²) in [7, 11) is 1.60. The molecule has 148 valence electrons. The highest BCUT2D eigenvalue weighted by Crippen LogP contribution is 2.32. The van der Waals surface area contributed by atoms with Crippen molar-refractivity contribution in [2.45, 2.75) is 19.3 Å². The van der Waals surface area contributed by atoms with E-state index in [1.165, 1.54) is 12.3 Å². The van der Waals surface area contributed by atoms with E-state index in [0.29, 0.717) is 17.8 Å². The van der Waals surface area contributed by atoms with Crippen molar-refractivity contribution in [3.05, 3.63) is 71.1 Å². The molecule has 1 aliphatic rings. The third-order valence-electron chi connectivity index (χ3n) is 4.93. The molecule has 0 aliphatic heterocycles. The molecule has 6 nitrogen and oxygen atoms in total. The number of fused-ring (bicyclic) bond motifs is 3. The molecule has 2 aromatic carbocycles. The molecule has 0 fully saturated rings. The highest BCUT2D eigenvalue weighted by molar-refractivity contribution is 6.03. The third-order valence-corrected chi connectivity index (χ3v) is 4.93. The lowest BCUT2D eigenvalue weighted by Gasteiger charge is -2.10. The summed E-state index contributed by atoms with van der Waals surface area (Å²) in [6.07, 6.45) is 3.28. The molecule has 0 saturated heterocycles. The van der Waals surface area contributed by atoms with Crippen LogP contribution in [0.4, 0.5) is 14.6 Å². The van der Waals surface area contributed by atoms with Crippen LogP contribution in [-0.2, 0) is 12.8 Å². The minimum atomic E-state index is -1.01. The second-order valence-corrected chi connectivity index (χ2v) is 6.68. The predicted molar refractivity (Wildman–Crippen MR) is 99.9 cm³/mol. The maximum atomic E-state index is 13.9. The van der Waals surface area contributed by atoms with E-state index in [1.807, 2.05) is 18.2 Å². The van der Waals surface area contributed by atoms with Gasteiger partial charge < -0.3 is 9.94 Å². The Balaban J connectivity index is 1.72.